The van der Waals surface area contributed by atoms with Gasteiger partial charge in [-0.25, -0.2) is 15.0 Å². The van der Waals surface area contributed by atoms with Gasteiger partial charge in [-0.2, -0.15) is 0 Å². The Labute approximate surface area is 240 Å². The highest BCUT2D eigenvalue weighted by atomic mass is 16.5. The normalized spacial score (nSPS) is 13.5. The van der Waals surface area contributed by atoms with Gasteiger partial charge < -0.3 is 40.6 Å². The Morgan fingerprint density at radius 3 is 2.44 bits per heavy atom. The lowest BCUT2D eigenvalue weighted by molar-refractivity contribution is -0.111. The van der Waals surface area contributed by atoms with Crippen LogP contribution in [0.3, 0.4) is 0 Å². The number of amides is 1. The number of methoxy groups -OCH3 is 2. The van der Waals surface area contributed by atoms with Gasteiger partial charge in [-0.3, -0.25) is 4.79 Å². The van der Waals surface area contributed by atoms with Gasteiger partial charge in [-0.1, -0.05) is 6.58 Å². The van der Waals surface area contributed by atoms with Crippen molar-refractivity contribution in [3.63, 3.8) is 0 Å². The number of hydrogen-bond acceptors (Lipinski definition) is 11. The molecule has 0 radical (unpaired) electrons. The highest BCUT2D eigenvalue weighted by Crippen LogP contribution is 2.40. The van der Waals surface area contributed by atoms with Crippen LogP contribution in [0.5, 0.6) is 11.5 Å². The molecule has 1 aromatic carbocycles. The summed E-state index contributed by atoms with van der Waals surface area (Å²) >= 11 is 0. The van der Waals surface area contributed by atoms with Crippen molar-refractivity contribution in [1.82, 2.24) is 19.9 Å². The lowest BCUT2D eigenvalue weighted by Crippen LogP contribution is -2.42. The molecule has 0 saturated carbocycles. The molecule has 1 saturated heterocycles. The summed E-state index contributed by atoms with van der Waals surface area (Å²) in [5.74, 6) is 1.58. The van der Waals surface area contributed by atoms with Gasteiger partial charge in [-0.05, 0) is 45.1 Å². The van der Waals surface area contributed by atoms with Crippen molar-refractivity contribution in [3.8, 4) is 22.8 Å². The molecule has 4 N–H and O–H groups in total. The Hall–Kier alpha value is -4.71. The van der Waals surface area contributed by atoms with Gasteiger partial charge in [0.1, 0.15) is 17.3 Å². The summed E-state index contributed by atoms with van der Waals surface area (Å²) < 4.78 is 11.3. The molecule has 12 nitrogen and oxygen atoms in total. The summed E-state index contributed by atoms with van der Waals surface area (Å²) in [6.07, 6.45) is 7.72. The maximum absolute atomic E-state index is 12.4. The van der Waals surface area contributed by atoms with Crippen LogP contribution in [-0.2, 0) is 4.79 Å². The summed E-state index contributed by atoms with van der Waals surface area (Å²) in [6.45, 7) is 5.30. The molecule has 216 valence electrons. The average molecular weight is 560 g/mol. The molecular formula is C29H37N9O3. The summed E-state index contributed by atoms with van der Waals surface area (Å²) in [7, 11) is 9.09. The van der Waals surface area contributed by atoms with E-state index < -0.39 is 0 Å². The fourth-order valence-corrected chi connectivity index (χ4v) is 4.84. The maximum Gasteiger partial charge on any atom is 0.247 e. The zero-order valence-corrected chi connectivity index (χ0v) is 24.1. The fourth-order valence-electron chi connectivity index (χ4n) is 4.84. The van der Waals surface area contributed by atoms with Crippen LogP contribution in [0.15, 0.2) is 43.2 Å². The lowest BCUT2D eigenvalue weighted by Gasteiger charge is -2.37. The number of anilines is 5. The van der Waals surface area contributed by atoms with E-state index in [-0.39, 0.29) is 11.9 Å². The van der Waals surface area contributed by atoms with Crippen LogP contribution >= 0.6 is 0 Å². The molecule has 12 heteroatoms. The van der Waals surface area contributed by atoms with E-state index in [4.69, 9.17) is 19.9 Å². The number of ether oxygens (including phenoxy) is 2. The Morgan fingerprint density at radius 1 is 1.10 bits per heavy atom. The van der Waals surface area contributed by atoms with E-state index in [0.29, 0.717) is 51.6 Å². The van der Waals surface area contributed by atoms with E-state index in [9.17, 15) is 4.79 Å². The Morgan fingerprint density at radius 2 is 1.83 bits per heavy atom. The second-order valence-electron chi connectivity index (χ2n) is 9.74. The number of piperidine rings is 1. The average Bonchev–Trinajstić information content (AvgIpc) is 3.00. The number of aromatic nitrogens is 3. The molecule has 1 fully saturated rings. The van der Waals surface area contributed by atoms with Crippen molar-refractivity contribution in [1.29, 1.82) is 5.41 Å². The van der Waals surface area contributed by atoms with Crippen molar-refractivity contribution in [2.75, 3.05) is 69.3 Å². The highest BCUT2D eigenvalue weighted by Gasteiger charge is 2.24. The maximum atomic E-state index is 12.4. The number of benzene rings is 1. The first-order valence-corrected chi connectivity index (χ1v) is 13.2. The zero-order valence-electron chi connectivity index (χ0n) is 24.1. The van der Waals surface area contributed by atoms with Crippen LogP contribution in [0.25, 0.3) is 11.3 Å². The third-order valence-electron chi connectivity index (χ3n) is 7.10. The molecule has 0 spiro atoms. The summed E-state index contributed by atoms with van der Waals surface area (Å²) in [6, 6.07) is 6.05. The second-order valence-corrected chi connectivity index (χ2v) is 9.74. The van der Waals surface area contributed by atoms with E-state index in [1.165, 1.54) is 12.3 Å². The Kier molecular flexibility index (Phi) is 9.35. The monoisotopic (exact) mass is 559 g/mol. The first-order valence-electron chi connectivity index (χ1n) is 13.2. The van der Waals surface area contributed by atoms with Gasteiger partial charge in [-0.15, -0.1) is 0 Å². The van der Waals surface area contributed by atoms with Crippen LogP contribution < -0.4 is 30.3 Å². The molecule has 0 unspecified atom stereocenters. The van der Waals surface area contributed by atoms with Gasteiger partial charge in [0.05, 0.1) is 37.5 Å². The molecule has 1 aliphatic rings. The highest BCUT2D eigenvalue weighted by molar-refractivity contribution is 6.02. The molecule has 3 heterocycles. The minimum atomic E-state index is -0.312. The molecule has 0 atom stereocenters. The number of hydrogen-bond donors (Lipinski definition) is 4. The number of nitrogens with one attached hydrogen (secondary N) is 4. The summed E-state index contributed by atoms with van der Waals surface area (Å²) in [5.41, 5.74) is 3.83. The van der Waals surface area contributed by atoms with Crippen molar-refractivity contribution in [2.45, 2.75) is 18.9 Å². The van der Waals surface area contributed by atoms with Gasteiger partial charge in [0, 0.05) is 55.8 Å². The Balaban J connectivity index is 1.71. The number of rotatable bonds is 11. The minimum Gasteiger partial charge on any atom is -0.494 e. The van der Waals surface area contributed by atoms with Crippen LogP contribution in [0.1, 0.15) is 18.4 Å². The van der Waals surface area contributed by atoms with Gasteiger partial charge in [0.2, 0.25) is 11.9 Å². The number of pyridine rings is 1. The molecule has 0 bridgehead atoms. The van der Waals surface area contributed by atoms with E-state index in [1.807, 2.05) is 12.1 Å². The van der Waals surface area contributed by atoms with E-state index in [2.05, 4.69) is 56.4 Å². The van der Waals surface area contributed by atoms with Crippen molar-refractivity contribution < 1.29 is 14.3 Å². The van der Waals surface area contributed by atoms with Crippen LogP contribution in [0.4, 0.5) is 28.8 Å². The topological polar surface area (TPSA) is 141 Å². The third kappa shape index (κ3) is 6.55. The van der Waals surface area contributed by atoms with E-state index in [1.54, 1.807) is 39.7 Å². The first kappa shape index (κ1) is 29.3. The quantitative estimate of drug-likeness (QED) is 0.201. The molecule has 0 aliphatic carbocycles. The summed E-state index contributed by atoms with van der Waals surface area (Å²) in [4.78, 5) is 30.4. The van der Waals surface area contributed by atoms with Crippen molar-refractivity contribution in [2.24, 2.45) is 0 Å². The van der Waals surface area contributed by atoms with E-state index >= 15 is 0 Å². The van der Waals surface area contributed by atoms with Crippen LogP contribution in [0, 0.1) is 5.41 Å². The molecular weight excluding hydrogens is 522 g/mol. The number of nitrogens with zero attached hydrogens (tertiary/aromatic N) is 5. The van der Waals surface area contributed by atoms with Gasteiger partial charge in [0.15, 0.2) is 5.75 Å². The largest absolute Gasteiger partial charge is 0.494 e. The molecule has 3 aromatic rings. The van der Waals surface area contributed by atoms with Crippen LogP contribution in [-0.4, -0.2) is 86.5 Å². The van der Waals surface area contributed by atoms with Crippen molar-refractivity contribution >= 4 is 41.0 Å². The van der Waals surface area contributed by atoms with Gasteiger partial charge >= 0.3 is 0 Å². The number of carbonyl (C=O) groups excluding carboxylic acids is 1. The van der Waals surface area contributed by atoms with Crippen molar-refractivity contribution in [3.05, 3.63) is 48.8 Å². The predicted octanol–water partition coefficient (Wildman–Crippen LogP) is 3.99. The SMILES string of the molecule is C=CC(=O)Nc1cc(Nc2ncc(OC)c(-c3cnc(NC)c(C=N)c3)n2)c(OC)cc1N1CCC(N(C)C)CC1. The molecule has 1 amide bonds. The molecule has 1 aliphatic heterocycles. The Bertz CT molecular complexity index is 1420. The second kappa shape index (κ2) is 13.1. The predicted molar refractivity (Wildman–Crippen MR) is 163 cm³/mol. The number of carbonyl (C=O) groups is 1. The fraction of sp³-hybridized carbons (Fsp3) is 0.345. The molecule has 41 heavy (non-hydrogen) atoms. The smallest absolute Gasteiger partial charge is 0.247 e. The minimum absolute atomic E-state index is 0.286. The summed E-state index contributed by atoms with van der Waals surface area (Å²) in [5, 5.41) is 16.9. The molecule has 2 aromatic heterocycles. The van der Waals surface area contributed by atoms with Crippen LogP contribution in [0.2, 0.25) is 0 Å². The molecule has 4 rings (SSSR count). The van der Waals surface area contributed by atoms with Gasteiger partial charge in [0.25, 0.3) is 0 Å². The zero-order chi connectivity index (χ0) is 29.5. The standard InChI is InChI=1S/C29H37N9O3/c1-7-26(39)34-21-13-22(24(40-5)14-23(21)38-10-8-20(9-11-38)37(3)4)35-29-33-17-25(41-6)27(36-29)19-12-18(15-30)28(31-2)32-16-19/h7,12-17,20,30H,1,8-11H2,2-6H3,(H,31,32)(H,34,39)(H,33,35,36). The lowest BCUT2D eigenvalue weighted by atomic mass is 10.0. The third-order valence-corrected chi connectivity index (χ3v) is 7.10. The first-order chi connectivity index (χ1) is 19.8. The van der Waals surface area contributed by atoms with E-state index in [0.717, 1.165) is 31.6 Å².